The highest BCUT2D eigenvalue weighted by molar-refractivity contribution is 7.18. The van der Waals surface area contributed by atoms with Gasteiger partial charge >= 0.3 is 5.97 Å². The Morgan fingerprint density at radius 3 is 2.79 bits per heavy atom. The zero-order valence-electron chi connectivity index (χ0n) is 13.4. The number of hydrogen-bond donors (Lipinski definition) is 1. The highest BCUT2D eigenvalue weighted by Gasteiger charge is 2.22. The summed E-state index contributed by atoms with van der Waals surface area (Å²) in [5.41, 5.74) is 1.24. The molecule has 0 saturated carbocycles. The summed E-state index contributed by atoms with van der Waals surface area (Å²) in [6.07, 6.45) is 1.62. The van der Waals surface area contributed by atoms with Crippen LogP contribution in [-0.2, 0) is 9.53 Å². The average molecular weight is 343 g/mol. The van der Waals surface area contributed by atoms with Crippen LogP contribution in [0.1, 0.15) is 28.5 Å². The third-order valence-electron chi connectivity index (χ3n) is 3.79. The van der Waals surface area contributed by atoms with Crippen LogP contribution < -0.4 is 0 Å². The van der Waals surface area contributed by atoms with Gasteiger partial charge < -0.3 is 14.6 Å². The van der Waals surface area contributed by atoms with Crippen LogP contribution in [0.2, 0.25) is 0 Å². The summed E-state index contributed by atoms with van der Waals surface area (Å²) in [4.78, 5) is 32.9. The van der Waals surface area contributed by atoms with Gasteiger partial charge in [-0.2, -0.15) is 0 Å². The fraction of sp³-hybridized carbons (Fsp3) is 0.235. The van der Waals surface area contributed by atoms with E-state index >= 15 is 0 Å². The first kappa shape index (κ1) is 16.2. The number of fused-ring (bicyclic) bond motifs is 1. The minimum absolute atomic E-state index is 0.195. The summed E-state index contributed by atoms with van der Waals surface area (Å²) < 4.78 is 6.12. The maximum atomic E-state index is 12.3. The number of esters is 1. The largest absolute Gasteiger partial charge is 0.451 e. The van der Waals surface area contributed by atoms with Crippen molar-refractivity contribution in [2.75, 3.05) is 13.7 Å². The van der Waals surface area contributed by atoms with Gasteiger partial charge in [0.25, 0.3) is 5.91 Å². The number of rotatable bonds is 5. The minimum Gasteiger partial charge on any atom is -0.451 e. The summed E-state index contributed by atoms with van der Waals surface area (Å²) in [5.74, 6) is -0.823. The normalized spacial score (nSPS) is 12.1. The van der Waals surface area contributed by atoms with Crippen molar-refractivity contribution in [2.45, 2.75) is 13.0 Å². The van der Waals surface area contributed by atoms with Crippen molar-refractivity contribution in [3.8, 4) is 0 Å². The number of thiazole rings is 1. The number of para-hydroxylation sites is 1. The van der Waals surface area contributed by atoms with Crippen molar-refractivity contribution < 1.29 is 14.3 Å². The predicted molar refractivity (Wildman–Crippen MR) is 91.9 cm³/mol. The van der Waals surface area contributed by atoms with Crippen LogP contribution in [0.4, 0.5) is 0 Å². The number of likely N-dealkylation sites (N-methyl/N-ethyl adjacent to an activating group) is 1. The monoisotopic (exact) mass is 343 g/mol. The molecule has 1 amide bonds. The summed E-state index contributed by atoms with van der Waals surface area (Å²) in [5, 5.41) is 0.850. The third kappa shape index (κ3) is 3.30. The van der Waals surface area contributed by atoms with Crippen molar-refractivity contribution in [1.29, 1.82) is 0 Å². The van der Waals surface area contributed by atoms with Crippen LogP contribution >= 0.6 is 11.3 Å². The molecule has 0 spiro atoms. The molecule has 2 aromatic heterocycles. The lowest BCUT2D eigenvalue weighted by Gasteiger charge is -2.22. The Hall–Kier alpha value is -2.67. The average Bonchev–Trinajstić information content (AvgIpc) is 3.26. The molecule has 0 saturated heterocycles. The van der Waals surface area contributed by atoms with Crippen LogP contribution in [0.15, 0.2) is 42.6 Å². The first-order valence-electron chi connectivity index (χ1n) is 7.48. The second-order valence-corrected chi connectivity index (χ2v) is 6.42. The molecule has 3 aromatic rings. The van der Waals surface area contributed by atoms with E-state index in [0.29, 0.717) is 5.69 Å². The molecule has 1 atom stereocenters. The van der Waals surface area contributed by atoms with E-state index in [1.807, 2.05) is 31.2 Å². The Balaban J connectivity index is 1.63. The summed E-state index contributed by atoms with van der Waals surface area (Å²) >= 11 is 1.56. The standard InChI is InChI=1S/C17H17N3O3S/c1-11(16-19-12-6-3-4-8-14(12)24-16)20(2)15(21)10-23-17(22)13-7-5-9-18-13/h3-9,11,18H,10H2,1-2H3/t11-/m0/s1. The highest BCUT2D eigenvalue weighted by Crippen LogP contribution is 2.28. The lowest BCUT2D eigenvalue weighted by molar-refractivity contribution is -0.135. The van der Waals surface area contributed by atoms with Gasteiger partial charge in [-0.05, 0) is 31.2 Å². The molecule has 3 rings (SSSR count). The molecular formula is C17H17N3O3S. The number of aromatic amines is 1. The van der Waals surface area contributed by atoms with Gasteiger partial charge in [-0.1, -0.05) is 12.1 Å². The number of amides is 1. The summed E-state index contributed by atoms with van der Waals surface area (Å²) in [7, 11) is 1.68. The molecule has 0 aliphatic heterocycles. The SMILES string of the molecule is C[C@@H](c1nc2ccccc2s1)N(C)C(=O)COC(=O)c1ccc[nH]1. The van der Waals surface area contributed by atoms with Crippen LogP contribution in [0.5, 0.6) is 0 Å². The first-order chi connectivity index (χ1) is 11.6. The Morgan fingerprint density at radius 2 is 2.08 bits per heavy atom. The molecular weight excluding hydrogens is 326 g/mol. The fourth-order valence-electron chi connectivity index (χ4n) is 2.21. The second kappa shape index (κ2) is 6.84. The van der Waals surface area contributed by atoms with Crippen LogP contribution in [-0.4, -0.2) is 40.4 Å². The maximum Gasteiger partial charge on any atom is 0.355 e. The van der Waals surface area contributed by atoms with E-state index in [0.717, 1.165) is 15.2 Å². The van der Waals surface area contributed by atoms with E-state index in [1.54, 1.807) is 41.6 Å². The van der Waals surface area contributed by atoms with E-state index < -0.39 is 5.97 Å². The number of benzene rings is 1. The topological polar surface area (TPSA) is 75.3 Å². The number of nitrogens with zero attached hydrogens (tertiary/aromatic N) is 2. The van der Waals surface area contributed by atoms with Crippen molar-refractivity contribution >= 4 is 33.4 Å². The quantitative estimate of drug-likeness (QED) is 0.723. The third-order valence-corrected chi connectivity index (χ3v) is 4.99. The Bertz CT molecular complexity index is 824. The lowest BCUT2D eigenvalue weighted by atomic mass is 10.3. The van der Waals surface area contributed by atoms with E-state index in [1.165, 1.54) is 0 Å². The molecule has 0 unspecified atom stereocenters. The molecule has 0 fully saturated rings. The van der Waals surface area contributed by atoms with E-state index in [9.17, 15) is 9.59 Å². The van der Waals surface area contributed by atoms with Gasteiger partial charge in [0.05, 0.1) is 16.3 Å². The number of carbonyl (C=O) groups is 2. The predicted octanol–water partition coefficient (Wildman–Crippen LogP) is 3.00. The number of ether oxygens (including phenoxy) is 1. The maximum absolute atomic E-state index is 12.3. The molecule has 7 heteroatoms. The number of H-pyrrole nitrogens is 1. The Morgan fingerprint density at radius 1 is 1.29 bits per heavy atom. The Labute approximate surface area is 143 Å². The van der Waals surface area contributed by atoms with Crippen molar-refractivity contribution in [3.63, 3.8) is 0 Å². The zero-order valence-corrected chi connectivity index (χ0v) is 14.2. The van der Waals surface area contributed by atoms with E-state index in [-0.39, 0.29) is 18.6 Å². The van der Waals surface area contributed by atoms with Gasteiger partial charge in [0.15, 0.2) is 6.61 Å². The molecule has 124 valence electrons. The van der Waals surface area contributed by atoms with Gasteiger partial charge in [0.2, 0.25) is 0 Å². The van der Waals surface area contributed by atoms with Crippen LogP contribution in [0, 0.1) is 0 Å². The van der Waals surface area contributed by atoms with Crippen LogP contribution in [0.3, 0.4) is 0 Å². The van der Waals surface area contributed by atoms with E-state index in [2.05, 4.69) is 9.97 Å². The second-order valence-electron chi connectivity index (χ2n) is 5.36. The van der Waals surface area contributed by atoms with Gasteiger partial charge in [-0.3, -0.25) is 4.79 Å². The molecule has 6 nitrogen and oxygen atoms in total. The minimum atomic E-state index is -0.547. The highest BCUT2D eigenvalue weighted by atomic mass is 32.1. The van der Waals surface area contributed by atoms with Gasteiger partial charge in [0.1, 0.15) is 10.7 Å². The lowest BCUT2D eigenvalue weighted by Crippen LogP contribution is -2.33. The molecule has 1 aromatic carbocycles. The van der Waals surface area contributed by atoms with Gasteiger partial charge in [0, 0.05) is 13.2 Å². The van der Waals surface area contributed by atoms with Gasteiger partial charge in [-0.15, -0.1) is 11.3 Å². The molecule has 1 N–H and O–H groups in total. The van der Waals surface area contributed by atoms with Crippen molar-refractivity contribution in [2.24, 2.45) is 0 Å². The molecule has 0 aliphatic rings. The first-order valence-corrected chi connectivity index (χ1v) is 8.29. The molecule has 0 aliphatic carbocycles. The number of hydrogen-bond acceptors (Lipinski definition) is 5. The summed E-state index contributed by atoms with van der Waals surface area (Å²) in [6, 6.07) is 10.9. The molecule has 0 bridgehead atoms. The number of nitrogens with one attached hydrogen (secondary N) is 1. The number of aromatic nitrogens is 2. The molecule has 2 heterocycles. The smallest absolute Gasteiger partial charge is 0.355 e. The molecule has 0 radical (unpaired) electrons. The fourth-order valence-corrected chi connectivity index (χ4v) is 3.28. The van der Waals surface area contributed by atoms with Crippen LogP contribution in [0.25, 0.3) is 10.2 Å². The Kier molecular flexibility index (Phi) is 4.61. The molecule has 24 heavy (non-hydrogen) atoms. The number of carbonyl (C=O) groups excluding carboxylic acids is 2. The zero-order chi connectivity index (χ0) is 17.1. The van der Waals surface area contributed by atoms with E-state index in [4.69, 9.17) is 4.74 Å². The summed E-state index contributed by atoms with van der Waals surface area (Å²) in [6.45, 7) is 1.60. The van der Waals surface area contributed by atoms with Crippen molar-refractivity contribution in [3.05, 3.63) is 53.3 Å². The van der Waals surface area contributed by atoms with Gasteiger partial charge in [-0.25, -0.2) is 9.78 Å². The van der Waals surface area contributed by atoms with Crippen molar-refractivity contribution in [1.82, 2.24) is 14.9 Å².